The summed E-state index contributed by atoms with van der Waals surface area (Å²) in [6.07, 6.45) is -2.80. The molecule has 0 radical (unpaired) electrons. The van der Waals surface area contributed by atoms with Crippen LogP contribution in [0.25, 0.3) is 17.2 Å². The Morgan fingerprint density at radius 3 is 2.00 bits per heavy atom. The number of rotatable bonds is 2. The molecule has 0 fully saturated rings. The van der Waals surface area contributed by atoms with E-state index in [4.69, 9.17) is 0 Å². The SMILES string of the molecule is C=Cc1ccccc1-c1ccccc1C(F)(F)F. The van der Waals surface area contributed by atoms with E-state index in [1.807, 2.05) is 0 Å². The van der Waals surface area contributed by atoms with Gasteiger partial charge in [-0.2, -0.15) is 13.2 Å². The summed E-state index contributed by atoms with van der Waals surface area (Å²) in [5.41, 5.74) is 0.787. The Morgan fingerprint density at radius 2 is 1.39 bits per heavy atom. The second kappa shape index (κ2) is 4.69. The molecule has 0 aromatic heterocycles. The van der Waals surface area contributed by atoms with E-state index in [2.05, 4.69) is 6.58 Å². The first-order valence-electron chi connectivity index (χ1n) is 5.42. The topological polar surface area (TPSA) is 0 Å². The van der Waals surface area contributed by atoms with Gasteiger partial charge in [0.1, 0.15) is 0 Å². The molecule has 2 rings (SSSR count). The number of alkyl halides is 3. The Labute approximate surface area is 103 Å². The van der Waals surface area contributed by atoms with E-state index in [0.717, 1.165) is 6.07 Å². The largest absolute Gasteiger partial charge is 0.417 e. The molecular formula is C15H11F3. The van der Waals surface area contributed by atoms with Crippen molar-refractivity contribution in [3.63, 3.8) is 0 Å². The molecule has 0 N–H and O–H groups in total. The van der Waals surface area contributed by atoms with Crippen LogP contribution in [0.15, 0.2) is 55.1 Å². The van der Waals surface area contributed by atoms with Crippen molar-refractivity contribution in [3.05, 3.63) is 66.2 Å². The smallest absolute Gasteiger partial charge is 0.166 e. The van der Waals surface area contributed by atoms with Crippen LogP contribution in [0.4, 0.5) is 13.2 Å². The van der Waals surface area contributed by atoms with Gasteiger partial charge in [0, 0.05) is 0 Å². The van der Waals surface area contributed by atoms with E-state index >= 15 is 0 Å². The Balaban J connectivity index is 2.68. The Hall–Kier alpha value is -2.03. The molecule has 0 aliphatic rings. The average Bonchev–Trinajstić information content (AvgIpc) is 2.37. The molecule has 0 unspecified atom stereocenters. The zero-order chi connectivity index (χ0) is 13.2. The second-order valence-electron chi connectivity index (χ2n) is 3.83. The van der Waals surface area contributed by atoms with Crippen LogP contribution in [0.2, 0.25) is 0 Å². The van der Waals surface area contributed by atoms with Gasteiger partial charge in [-0.05, 0) is 22.8 Å². The molecule has 0 amide bonds. The summed E-state index contributed by atoms with van der Waals surface area (Å²) < 4.78 is 38.8. The summed E-state index contributed by atoms with van der Waals surface area (Å²) in [7, 11) is 0. The number of benzene rings is 2. The first-order chi connectivity index (χ1) is 8.54. The third kappa shape index (κ3) is 2.30. The highest BCUT2D eigenvalue weighted by Gasteiger charge is 2.33. The van der Waals surface area contributed by atoms with E-state index < -0.39 is 11.7 Å². The fourth-order valence-corrected chi connectivity index (χ4v) is 1.89. The lowest BCUT2D eigenvalue weighted by Crippen LogP contribution is -2.07. The maximum absolute atomic E-state index is 12.9. The van der Waals surface area contributed by atoms with E-state index in [-0.39, 0.29) is 5.56 Å². The van der Waals surface area contributed by atoms with Gasteiger partial charge < -0.3 is 0 Å². The molecule has 0 heterocycles. The van der Waals surface area contributed by atoms with Crippen LogP contribution in [0, 0.1) is 0 Å². The van der Waals surface area contributed by atoms with Gasteiger partial charge in [0.2, 0.25) is 0 Å². The highest BCUT2D eigenvalue weighted by molar-refractivity contribution is 5.77. The van der Waals surface area contributed by atoms with Crippen molar-refractivity contribution >= 4 is 6.08 Å². The van der Waals surface area contributed by atoms with Crippen LogP contribution in [0.3, 0.4) is 0 Å². The fraction of sp³-hybridized carbons (Fsp3) is 0.0667. The molecule has 0 nitrogen and oxygen atoms in total. The minimum atomic E-state index is -4.36. The van der Waals surface area contributed by atoms with Crippen LogP contribution in [-0.4, -0.2) is 0 Å². The Morgan fingerprint density at radius 1 is 0.833 bits per heavy atom. The zero-order valence-electron chi connectivity index (χ0n) is 9.54. The lowest BCUT2D eigenvalue weighted by molar-refractivity contribution is -0.137. The molecule has 0 spiro atoms. The molecule has 0 aliphatic heterocycles. The van der Waals surface area contributed by atoms with Gasteiger partial charge in [0.05, 0.1) is 5.56 Å². The molecule has 0 atom stereocenters. The highest BCUT2D eigenvalue weighted by atomic mass is 19.4. The predicted molar refractivity (Wildman–Crippen MR) is 67.0 cm³/mol. The van der Waals surface area contributed by atoms with Crippen molar-refractivity contribution < 1.29 is 13.2 Å². The fourth-order valence-electron chi connectivity index (χ4n) is 1.89. The van der Waals surface area contributed by atoms with E-state index in [9.17, 15) is 13.2 Å². The maximum Gasteiger partial charge on any atom is 0.417 e. The van der Waals surface area contributed by atoms with Crippen LogP contribution in [0.1, 0.15) is 11.1 Å². The summed E-state index contributed by atoms with van der Waals surface area (Å²) >= 11 is 0. The minimum absolute atomic E-state index is 0.181. The van der Waals surface area contributed by atoms with Gasteiger partial charge in [-0.3, -0.25) is 0 Å². The summed E-state index contributed by atoms with van der Waals surface area (Å²) in [4.78, 5) is 0. The quantitative estimate of drug-likeness (QED) is 0.700. The molecule has 92 valence electrons. The Kier molecular flexibility index (Phi) is 3.24. The third-order valence-corrected chi connectivity index (χ3v) is 2.70. The molecular weight excluding hydrogens is 237 g/mol. The van der Waals surface area contributed by atoms with Crippen molar-refractivity contribution in [1.82, 2.24) is 0 Å². The van der Waals surface area contributed by atoms with E-state index in [0.29, 0.717) is 11.1 Å². The molecule has 18 heavy (non-hydrogen) atoms. The molecule has 2 aromatic carbocycles. The lowest BCUT2D eigenvalue weighted by Gasteiger charge is -2.14. The summed E-state index contributed by atoms with van der Waals surface area (Å²) in [6, 6.07) is 12.5. The normalized spacial score (nSPS) is 11.3. The van der Waals surface area contributed by atoms with E-state index in [1.165, 1.54) is 12.1 Å². The first-order valence-corrected chi connectivity index (χ1v) is 5.42. The zero-order valence-corrected chi connectivity index (χ0v) is 9.54. The lowest BCUT2D eigenvalue weighted by atomic mass is 9.95. The van der Waals surface area contributed by atoms with Crippen molar-refractivity contribution in [1.29, 1.82) is 0 Å². The van der Waals surface area contributed by atoms with Gasteiger partial charge in [-0.25, -0.2) is 0 Å². The standard InChI is InChI=1S/C15H11F3/c1-2-11-7-3-4-8-12(11)13-9-5-6-10-14(13)15(16,17)18/h2-10H,1H2. The number of halogens is 3. The van der Waals surface area contributed by atoms with Crippen LogP contribution in [-0.2, 0) is 6.18 Å². The summed E-state index contributed by atoms with van der Waals surface area (Å²) in [5, 5.41) is 0. The molecule has 0 bridgehead atoms. The van der Waals surface area contributed by atoms with Crippen LogP contribution < -0.4 is 0 Å². The van der Waals surface area contributed by atoms with Crippen molar-refractivity contribution in [2.75, 3.05) is 0 Å². The van der Waals surface area contributed by atoms with Crippen molar-refractivity contribution in [3.8, 4) is 11.1 Å². The summed E-state index contributed by atoms with van der Waals surface area (Å²) in [5.74, 6) is 0. The second-order valence-corrected chi connectivity index (χ2v) is 3.83. The molecule has 0 saturated carbocycles. The van der Waals surface area contributed by atoms with Gasteiger partial charge in [-0.15, -0.1) is 0 Å². The van der Waals surface area contributed by atoms with Gasteiger partial charge in [-0.1, -0.05) is 55.1 Å². The number of hydrogen-bond acceptors (Lipinski definition) is 0. The van der Waals surface area contributed by atoms with Crippen LogP contribution in [0.5, 0.6) is 0 Å². The molecule has 3 heteroatoms. The van der Waals surface area contributed by atoms with Gasteiger partial charge >= 0.3 is 6.18 Å². The minimum Gasteiger partial charge on any atom is -0.166 e. The highest BCUT2D eigenvalue weighted by Crippen LogP contribution is 2.38. The Bertz CT molecular complexity index is 568. The van der Waals surface area contributed by atoms with Gasteiger partial charge in [0.15, 0.2) is 0 Å². The van der Waals surface area contributed by atoms with Crippen LogP contribution >= 0.6 is 0 Å². The molecule has 0 aliphatic carbocycles. The van der Waals surface area contributed by atoms with Crippen molar-refractivity contribution in [2.24, 2.45) is 0 Å². The number of hydrogen-bond donors (Lipinski definition) is 0. The predicted octanol–water partition coefficient (Wildman–Crippen LogP) is 5.02. The monoisotopic (exact) mass is 248 g/mol. The molecule has 2 aromatic rings. The third-order valence-electron chi connectivity index (χ3n) is 2.70. The maximum atomic E-state index is 12.9. The van der Waals surface area contributed by atoms with Gasteiger partial charge in [0.25, 0.3) is 0 Å². The average molecular weight is 248 g/mol. The molecule has 0 saturated heterocycles. The first kappa shape index (κ1) is 12.4. The van der Waals surface area contributed by atoms with Crippen molar-refractivity contribution in [2.45, 2.75) is 6.18 Å². The summed E-state index contributed by atoms with van der Waals surface area (Å²) in [6.45, 7) is 3.63. The van der Waals surface area contributed by atoms with E-state index in [1.54, 1.807) is 36.4 Å².